The van der Waals surface area contributed by atoms with Crippen LogP contribution in [0.2, 0.25) is 0 Å². The largest absolute Gasteiger partial charge is 0.391 e. The first-order valence-electron chi connectivity index (χ1n) is 8.08. The maximum Gasteiger partial charge on any atom is 0.253 e. The van der Waals surface area contributed by atoms with Gasteiger partial charge in [0.25, 0.3) is 5.91 Å². The van der Waals surface area contributed by atoms with Crippen molar-refractivity contribution >= 4 is 16.9 Å². The van der Waals surface area contributed by atoms with E-state index in [9.17, 15) is 9.90 Å². The van der Waals surface area contributed by atoms with Gasteiger partial charge >= 0.3 is 0 Å². The van der Waals surface area contributed by atoms with Crippen molar-refractivity contribution in [2.75, 3.05) is 0 Å². The molecular weight excluding hydrogens is 306 g/mol. The molecule has 0 spiro atoms. The number of aliphatic hydroxyl groups is 1. The minimum absolute atomic E-state index is 0.200. The van der Waals surface area contributed by atoms with Crippen molar-refractivity contribution in [2.24, 2.45) is 5.92 Å². The highest BCUT2D eigenvalue weighted by atomic mass is 16.3. The van der Waals surface area contributed by atoms with Crippen molar-refractivity contribution in [3.63, 3.8) is 0 Å². The van der Waals surface area contributed by atoms with Crippen LogP contribution in [-0.4, -0.2) is 42.9 Å². The lowest BCUT2D eigenvalue weighted by Crippen LogP contribution is -2.39. The summed E-state index contributed by atoms with van der Waals surface area (Å²) in [5.41, 5.74) is 1.26. The Bertz CT molecular complexity index is 842. The Labute approximate surface area is 138 Å². The summed E-state index contributed by atoms with van der Waals surface area (Å²) in [7, 11) is 0. The topological polar surface area (TPSA) is 95.8 Å². The molecule has 7 nitrogen and oxygen atoms in total. The average Bonchev–Trinajstić information content (AvgIpc) is 3.29. The number of carbonyl (C=O) groups excluding carboxylic acids is 1. The van der Waals surface area contributed by atoms with Gasteiger partial charge in [0, 0.05) is 36.7 Å². The summed E-state index contributed by atoms with van der Waals surface area (Å²) in [5.74, 6) is 0.102. The molecule has 1 unspecified atom stereocenters. The Hall–Kier alpha value is -2.67. The van der Waals surface area contributed by atoms with E-state index < -0.39 is 6.10 Å². The smallest absolute Gasteiger partial charge is 0.253 e. The van der Waals surface area contributed by atoms with Crippen LogP contribution in [0.5, 0.6) is 0 Å². The van der Waals surface area contributed by atoms with Crippen LogP contribution in [-0.2, 0) is 6.54 Å². The molecule has 124 valence electrons. The summed E-state index contributed by atoms with van der Waals surface area (Å²) in [4.78, 5) is 19.7. The lowest BCUT2D eigenvalue weighted by Gasteiger charge is -2.16. The predicted molar refractivity (Wildman–Crippen MR) is 88.3 cm³/mol. The normalized spacial score (nSPS) is 23.6. The van der Waals surface area contributed by atoms with Crippen LogP contribution in [0.1, 0.15) is 23.2 Å². The van der Waals surface area contributed by atoms with Gasteiger partial charge in [-0.1, -0.05) is 0 Å². The zero-order valence-electron chi connectivity index (χ0n) is 13.1. The molecule has 1 fully saturated rings. The van der Waals surface area contributed by atoms with Crippen molar-refractivity contribution in [1.82, 2.24) is 25.1 Å². The molecule has 3 N–H and O–H groups in total. The molecule has 0 radical (unpaired) electrons. The fraction of sp³-hybridized carbons (Fsp3) is 0.353. The van der Waals surface area contributed by atoms with Crippen LogP contribution >= 0.6 is 0 Å². The number of nitrogens with one attached hydrogen (secondary N) is 2. The van der Waals surface area contributed by atoms with Crippen LogP contribution in [0.25, 0.3) is 11.0 Å². The van der Waals surface area contributed by atoms with Gasteiger partial charge in [0.05, 0.1) is 17.7 Å². The van der Waals surface area contributed by atoms with Gasteiger partial charge in [-0.3, -0.25) is 9.48 Å². The maximum absolute atomic E-state index is 12.4. The third-order valence-electron chi connectivity index (χ3n) is 4.61. The molecule has 0 aliphatic heterocycles. The van der Waals surface area contributed by atoms with Gasteiger partial charge in [-0.25, -0.2) is 4.98 Å². The molecule has 7 heteroatoms. The van der Waals surface area contributed by atoms with E-state index in [0.29, 0.717) is 17.9 Å². The number of carbonyl (C=O) groups is 1. The van der Waals surface area contributed by atoms with Gasteiger partial charge in [0.2, 0.25) is 0 Å². The lowest BCUT2D eigenvalue weighted by molar-refractivity contribution is 0.0872. The molecule has 1 amide bonds. The summed E-state index contributed by atoms with van der Waals surface area (Å²) in [6.07, 6.45) is 7.88. The second kappa shape index (κ2) is 6.09. The van der Waals surface area contributed by atoms with E-state index in [1.807, 2.05) is 23.0 Å². The van der Waals surface area contributed by atoms with E-state index in [4.69, 9.17) is 0 Å². The Morgan fingerprint density at radius 2 is 2.38 bits per heavy atom. The van der Waals surface area contributed by atoms with Crippen LogP contribution in [0.4, 0.5) is 0 Å². The van der Waals surface area contributed by atoms with Crippen molar-refractivity contribution < 1.29 is 9.90 Å². The lowest BCUT2D eigenvalue weighted by atomic mass is 10.1. The molecule has 0 aromatic carbocycles. The highest BCUT2D eigenvalue weighted by Crippen LogP contribution is 2.27. The van der Waals surface area contributed by atoms with Gasteiger partial charge in [0.1, 0.15) is 5.65 Å². The molecule has 1 aliphatic carbocycles. The number of hydrogen-bond acceptors (Lipinski definition) is 4. The summed E-state index contributed by atoms with van der Waals surface area (Å²) in [6, 6.07) is 5.33. The van der Waals surface area contributed by atoms with Crippen molar-refractivity contribution in [3.05, 3.63) is 48.5 Å². The molecule has 0 saturated heterocycles. The first-order valence-corrected chi connectivity index (χ1v) is 8.08. The molecule has 3 atom stereocenters. The summed E-state index contributed by atoms with van der Waals surface area (Å²) < 4.78 is 1.87. The fourth-order valence-electron chi connectivity index (χ4n) is 3.41. The van der Waals surface area contributed by atoms with E-state index in [1.165, 1.54) is 0 Å². The second-order valence-corrected chi connectivity index (χ2v) is 6.35. The number of hydrogen-bond donors (Lipinski definition) is 3. The number of amides is 1. The van der Waals surface area contributed by atoms with Crippen molar-refractivity contribution in [1.29, 1.82) is 0 Å². The number of aromatic amines is 1. The second-order valence-electron chi connectivity index (χ2n) is 6.35. The molecular formula is C17H19N5O2. The monoisotopic (exact) mass is 325 g/mol. The first kappa shape index (κ1) is 14.9. The number of fused-ring (bicyclic) bond motifs is 1. The highest BCUT2D eigenvalue weighted by molar-refractivity contribution is 5.97. The summed E-state index contributed by atoms with van der Waals surface area (Å²) in [6.45, 7) is 0.757. The van der Waals surface area contributed by atoms with Crippen LogP contribution in [0.15, 0.2) is 43.0 Å². The average molecular weight is 325 g/mol. The van der Waals surface area contributed by atoms with Gasteiger partial charge in [-0.05, 0) is 37.0 Å². The zero-order chi connectivity index (χ0) is 16.5. The number of H-pyrrole nitrogens is 1. The molecule has 4 rings (SSSR count). The molecule has 1 saturated carbocycles. The standard InChI is InChI=1S/C17H19N5O2/c23-15-7-11(10-22-5-1-3-20-22)6-14(15)21-17(24)13-8-12-2-4-18-16(12)19-9-13/h1-5,8-9,11,14-15,23H,6-7,10H2,(H,18,19)(H,21,24)/t11?,14-,15-/m1/s1. The first-order chi connectivity index (χ1) is 11.7. The van der Waals surface area contributed by atoms with E-state index in [2.05, 4.69) is 20.4 Å². The Morgan fingerprint density at radius 1 is 1.46 bits per heavy atom. The van der Waals surface area contributed by atoms with Crippen molar-refractivity contribution in [2.45, 2.75) is 31.5 Å². The number of nitrogens with zero attached hydrogens (tertiary/aromatic N) is 3. The van der Waals surface area contributed by atoms with Crippen LogP contribution < -0.4 is 5.32 Å². The quantitative estimate of drug-likeness (QED) is 0.674. The van der Waals surface area contributed by atoms with Crippen LogP contribution in [0, 0.1) is 5.92 Å². The van der Waals surface area contributed by atoms with Gasteiger partial charge < -0.3 is 15.4 Å². The summed E-state index contributed by atoms with van der Waals surface area (Å²) in [5, 5.41) is 18.3. The molecule has 1 aliphatic rings. The predicted octanol–water partition coefficient (Wildman–Crippen LogP) is 1.33. The molecule has 0 bridgehead atoms. The number of aliphatic hydroxyl groups excluding tert-OH is 1. The van der Waals surface area contributed by atoms with Crippen LogP contribution in [0.3, 0.4) is 0 Å². The van der Waals surface area contributed by atoms with E-state index in [1.54, 1.807) is 24.7 Å². The van der Waals surface area contributed by atoms with Crippen molar-refractivity contribution in [3.8, 4) is 0 Å². The maximum atomic E-state index is 12.4. The Kier molecular flexibility index (Phi) is 3.78. The SMILES string of the molecule is O=C(N[C@@H]1CC(Cn2cccn2)C[C@H]1O)c1cnc2[nH]ccc2c1. The third kappa shape index (κ3) is 2.90. The van der Waals surface area contributed by atoms with Gasteiger partial charge in [0.15, 0.2) is 0 Å². The van der Waals surface area contributed by atoms with E-state index in [-0.39, 0.29) is 11.9 Å². The Morgan fingerprint density at radius 3 is 3.21 bits per heavy atom. The van der Waals surface area contributed by atoms with E-state index in [0.717, 1.165) is 24.0 Å². The minimum Gasteiger partial charge on any atom is -0.391 e. The molecule has 3 heterocycles. The number of aromatic nitrogens is 4. The van der Waals surface area contributed by atoms with Gasteiger partial charge in [-0.2, -0.15) is 5.10 Å². The molecule has 3 aromatic rings. The molecule has 3 aromatic heterocycles. The highest BCUT2D eigenvalue weighted by Gasteiger charge is 2.34. The Balaban J connectivity index is 1.41. The minimum atomic E-state index is -0.529. The summed E-state index contributed by atoms with van der Waals surface area (Å²) >= 11 is 0. The number of pyridine rings is 1. The van der Waals surface area contributed by atoms with E-state index >= 15 is 0 Å². The number of rotatable bonds is 4. The molecule has 24 heavy (non-hydrogen) atoms. The zero-order valence-corrected chi connectivity index (χ0v) is 13.1. The fourth-order valence-corrected chi connectivity index (χ4v) is 3.41. The third-order valence-corrected chi connectivity index (χ3v) is 4.61. The van der Waals surface area contributed by atoms with Gasteiger partial charge in [-0.15, -0.1) is 0 Å².